The minimum Gasteiger partial charge on any atom is -0.493 e. The maximum absolute atomic E-state index is 12.8. The summed E-state index contributed by atoms with van der Waals surface area (Å²) in [5, 5.41) is 5.73. The summed E-state index contributed by atoms with van der Waals surface area (Å²) < 4.78 is 13.0. The number of carbonyl (C=O) groups excluding carboxylic acids is 1. The largest absolute Gasteiger partial charge is 0.493 e. The third-order valence-electron chi connectivity index (χ3n) is 4.50. The van der Waals surface area contributed by atoms with Crippen LogP contribution in [0.1, 0.15) is 10.6 Å². The number of fused-ring (bicyclic) bond motifs is 2. The number of methoxy groups -OCH3 is 1. The number of thiazole rings is 1. The van der Waals surface area contributed by atoms with Gasteiger partial charge in [0.15, 0.2) is 22.1 Å². The van der Waals surface area contributed by atoms with E-state index in [-0.39, 0.29) is 11.7 Å². The first-order valence-corrected chi connectivity index (χ1v) is 9.50. The lowest BCUT2D eigenvalue weighted by molar-refractivity contribution is 0.0998. The molecule has 5 rings (SSSR count). The van der Waals surface area contributed by atoms with Crippen molar-refractivity contribution in [3.8, 4) is 17.0 Å². The molecule has 0 atom stereocenters. The van der Waals surface area contributed by atoms with Crippen molar-refractivity contribution in [2.45, 2.75) is 0 Å². The highest BCUT2D eigenvalue weighted by Gasteiger charge is 2.17. The summed E-state index contributed by atoms with van der Waals surface area (Å²) >= 11 is 1.56. The summed E-state index contributed by atoms with van der Waals surface area (Å²) in [6.07, 6.45) is 3.91. The number of carbonyl (C=O) groups is 1. The zero-order chi connectivity index (χ0) is 19.1. The van der Waals surface area contributed by atoms with E-state index in [0.29, 0.717) is 17.0 Å². The monoisotopic (exact) mass is 389 g/mol. The summed E-state index contributed by atoms with van der Waals surface area (Å²) in [7, 11) is 1.57. The molecule has 7 heteroatoms. The number of ether oxygens (including phenoxy) is 1. The molecule has 3 heterocycles. The molecule has 1 amide bonds. The standard InChI is InChI=1S/C21H15N3O3S/c1-26-17-8-4-5-13-11-18(27-19(13)17)20(25)22-15-7-3-2-6-14(15)16-12-24-9-10-28-21(24)23-16/h2-12H,1H3,(H,22,25). The number of nitrogens with one attached hydrogen (secondary N) is 1. The van der Waals surface area contributed by atoms with Gasteiger partial charge < -0.3 is 14.5 Å². The first-order chi connectivity index (χ1) is 13.7. The second-order valence-corrected chi connectivity index (χ2v) is 7.08. The summed E-state index contributed by atoms with van der Waals surface area (Å²) in [5.41, 5.74) is 2.87. The molecule has 138 valence electrons. The average molecular weight is 389 g/mol. The summed E-state index contributed by atoms with van der Waals surface area (Å²) in [6, 6.07) is 14.8. The summed E-state index contributed by atoms with van der Waals surface area (Å²) in [4.78, 5) is 18.4. The second kappa shape index (κ2) is 6.54. The molecule has 28 heavy (non-hydrogen) atoms. The summed E-state index contributed by atoms with van der Waals surface area (Å²) in [5.74, 6) is 0.488. The van der Waals surface area contributed by atoms with Crippen molar-refractivity contribution >= 4 is 38.9 Å². The lowest BCUT2D eigenvalue weighted by Crippen LogP contribution is -2.11. The van der Waals surface area contributed by atoms with Crippen molar-refractivity contribution in [3.05, 3.63) is 72.1 Å². The summed E-state index contributed by atoms with van der Waals surface area (Å²) in [6.45, 7) is 0. The third-order valence-corrected chi connectivity index (χ3v) is 5.27. The molecule has 0 saturated heterocycles. The number of aromatic nitrogens is 2. The Morgan fingerprint density at radius 3 is 2.96 bits per heavy atom. The van der Waals surface area contributed by atoms with Gasteiger partial charge in [0.25, 0.3) is 5.91 Å². The van der Waals surface area contributed by atoms with Crippen molar-refractivity contribution in [1.82, 2.24) is 9.38 Å². The highest BCUT2D eigenvalue weighted by atomic mass is 32.1. The molecule has 0 unspecified atom stereocenters. The number of nitrogens with zero attached hydrogens (tertiary/aromatic N) is 2. The number of amides is 1. The zero-order valence-corrected chi connectivity index (χ0v) is 15.7. The molecule has 0 aliphatic carbocycles. The van der Waals surface area contributed by atoms with Gasteiger partial charge in [0.2, 0.25) is 0 Å². The van der Waals surface area contributed by atoms with Crippen LogP contribution in [-0.2, 0) is 0 Å². The normalized spacial score (nSPS) is 11.2. The molecule has 5 aromatic rings. The second-order valence-electron chi connectivity index (χ2n) is 6.21. The number of benzene rings is 2. The van der Waals surface area contributed by atoms with Crippen LogP contribution in [0.2, 0.25) is 0 Å². The Labute approximate surface area is 164 Å². The number of imidazole rings is 1. The maximum atomic E-state index is 12.8. The molecular weight excluding hydrogens is 374 g/mol. The van der Waals surface area contributed by atoms with Crippen LogP contribution < -0.4 is 10.1 Å². The highest BCUT2D eigenvalue weighted by molar-refractivity contribution is 7.15. The van der Waals surface area contributed by atoms with Crippen molar-refractivity contribution < 1.29 is 13.9 Å². The smallest absolute Gasteiger partial charge is 0.291 e. The van der Waals surface area contributed by atoms with Gasteiger partial charge in [0, 0.05) is 28.7 Å². The van der Waals surface area contributed by atoms with Crippen molar-refractivity contribution in [1.29, 1.82) is 0 Å². The van der Waals surface area contributed by atoms with Gasteiger partial charge in [-0.3, -0.25) is 9.20 Å². The van der Waals surface area contributed by atoms with Gasteiger partial charge in [-0.2, -0.15) is 0 Å². The van der Waals surface area contributed by atoms with Gasteiger partial charge in [0.05, 0.1) is 18.5 Å². The minimum absolute atomic E-state index is 0.222. The van der Waals surface area contributed by atoms with Gasteiger partial charge in [0.1, 0.15) is 0 Å². The van der Waals surface area contributed by atoms with Crippen LogP contribution >= 0.6 is 11.3 Å². The van der Waals surface area contributed by atoms with E-state index >= 15 is 0 Å². The first kappa shape index (κ1) is 16.6. The van der Waals surface area contributed by atoms with Gasteiger partial charge in [-0.1, -0.05) is 30.3 Å². The molecule has 0 bridgehead atoms. The van der Waals surface area contributed by atoms with E-state index in [0.717, 1.165) is 21.6 Å². The molecule has 0 saturated carbocycles. The molecule has 0 aliphatic heterocycles. The Bertz CT molecular complexity index is 1290. The molecule has 0 aliphatic rings. The van der Waals surface area contributed by atoms with Crippen LogP contribution in [-0.4, -0.2) is 22.4 Å². The van der Waals surface area contributed by atoms with Crippen LogP contribution in [0.4, 0.5) is 5.69 Å². The Kier molecular flexibility index (Phi) is 3.87. The maximum Gasteiger partial charge on any atom is 0.291 e. The lowest BCUT2D eigenvalue weighted by Gasteiger charge is -2.08. The van der Waals surface area contributed by atoms with E-state index in [9.17, 15) is 4.79 Å². The molecule has 6 nitrogen and oxygen atoms in total. The van der Waals surface area contributed by atoms with Crippen LogP contribution in [0.15, 0.2) is 70.7 Å². The number of para-hydroxylation sites is 2. The van der Waals surface area contributed by atoms with Crippen LogP contribution in [0.25, 0.3) is 27.2 Å². The fourth-order valence-electron chi connectivity index (χ4n) is 3.17. The number of hydrogen-bond donors (Lipinski definition) is 1. The van der Waals surface area contributed by atoms with E-state index in [2.05, 4.69) is 10.3 Å². The van der Waals surface area contributed by atoms with E-state index in [1.54, 1.807) is 30.6 Å². The number of anilines is 1. The van der Waals surface area contributed by atoms with E-state index in [4.69, 9.17) is 9.15 Å². The Morgan fingerprint density at radius 2 is 2.11 bits per heavy atom. The molecule has 1 N–H and O–H groups in total. The first-order valence-electron chi connectivity index (χ1n) is 8.62. The minimum atomic E-state index is -0.327. The van der Waals surface area contributed by atoms with Crippen LogP contribution in [0, 0.1) is 0 Å². The highest BCUT2D eigenvalue weighted by Crippen LogP contribution is 2.31. The molecule has 3 aromatic heterocycles. The van der Waals surface area contributed by atoms with E-state index in [1.165, 1.54) is 0 Å². The van der Waals surface area contributed by atoms with Gasteiger partial charge in [-0.05, 0) is 18.2 Å². The van der Waals surface area contributed by atoms with Gasteiger partial charge in [-0.25, -0.2) is 4.98 Å². The number of rotatable bonds is 4. The Hall–Kier alpha value is -3.58. The predicted molar refractivity (Wildman–Crippen MR) is 109 cm³/mol. The lowest BCUT2D eigenvalue weighted by atomic mass is 10.1. The zero-order valence-electron chi connectivity index (χ0n) is 14.9. The van der Waals surface area contributed by atoms with Gasteiger partial charge >= 0.3 is 0 Å². The predicted octanol–water partition coefficient (Wildman–Crippen LogP) is 5.07. The number of hydrogen-bond acceptors (Lipinski definition) is 5. The third kappa shape index (κ3) is 2.73. The SMILES string of the molecule is COc1cccc2cc(C(=O)Nc3ccccc3-c3cn4ccsc4n3)oc12. The topological polar surface area (TPSA) is 68.8 Å². The van der Waals surface area contributed by atoms with E-state index < -0.39 is 0 Å². The van der Waals surface area contributed by atoms with Gasteiger partial charge in [-0.15, -0.1) is 11.3 Å². The van der Waals surface area contributed by atoms with Crippen molar-refractivity contribution in [2.75, 3.05) is 12.4 Å². The molecule has 2 aromatic carbocycles. The Morgan fingerprint density at radius 1 is 1.21 bits per heavy atom. The van der Waals surface area contributed by atoms with Crippen LogP contribution in [0.5, 0.6) is 5.75 Å². The van der Waals surface area contributed by atoms with Crippen molar-refractivity contribution in [3.63, 3.8) is 0 Å². The van der Waals surface area contributed by atoms with Crippen molar-refractivity contribution in [2.24, 2.45) is 0 Å². The number of furan rings is 1. The molecule has 0 radical (unpaired) electrons. The molecular formula is C21H15N3O3S. The van der Waals surface area contributed by atoms with Crippen LogP contribution in [0.3, 0.4) is 0 Å². The van der Waals surface area contributed by atoms with E-state index in [1.807, 2.05) is 58.6 Å². The molecule has 0 spiro atoms. The molecule has 0 fully saturated rings. The fraction of sp³-hybridized carbons (Fsp3) is 0.0476. The average Bonchev–Trinajstić information content (AvgIpc) is 3.42. The Balaban J connectivity index is 1.50. The quantitative estimate of drug-likeness (QED) is 0.466. The fourth-order valence-corrected chi connectivity index (χ4v) is 3.87.